The third-order valence-electron chi connectivity index (χ3n) is 4.04. The van der Waals surface area contributed by atoms with Crippen LogP contribution in [0.5, 0.6) is 0 Å². The molecule has 0 bridgehead atoms. The van der Waals surface area contributed by atoms with Gasteiger partial charge in [-0.3, -0.25) is 14.4 Å². The SMILES string of the molecule is CC(C)(C)NC(=O)c1ccc(C(=O)Nc2ccc(NC(=O)c3cccs3)cc2)cc1. The summed E-state index contributed by atoms with van der Waals surface area (Å²) in [5, 5.41) is 10.3. The average molecular weight is 422 g/mol. The molecule has 3 amide bonds. The van der Waals surface area contributed by atoms with Crippen molar-refractivity contribution in [2.75, 3.05) is 10.6 Å². The number of thiophene rings is 1. The summed E-state index contributed by atoms with van der Waals surface area (Å²) in [5.74, 6) is -0.639. The number of hydrogen-bond donors (Lipinski definition) is 3. The minimum absolute atomic E-state index is 0.169. The van der Waals surface area contributed by atoms with Gasteiger partial charge in [-0.25, -0.2) is 0 Å². The Bertz CT molecular complexity index is 1030. The normalized spacial score (nSPS) is 10.9. The number of carbonyl (C=O) groups is 3. The average Bonchev–Trinajstić information content (AvgIpc) is 3.23. The molecule has 3 aromatic rings. The highest BCUT2D eigenvalue weighted by molar-refractivity contribution is 7.12. The Morgan fingerprint density at radius 3 is 1.67 bits per heavy atom. The van der Waals surface area contributed by atoms with Crippen LogP contribution < -0.4 is 16.0 Å². The van der Waals surface area contributed by atoms with Crippen LogP contribution in [0.3, 0.4) is 0 Å². The quantitative estimate of drug-likeness (QED) is 0.554. The van der Waals surface area contributed by atoms with Crippen molar-refractivity contribution in [1.82, 2.24) is 5.32 Å². The van der Waals surface area contributed by atoms with Crippen LogP contribution in [0.15, 0.2) is 66.0 Å². The second kappa shape index (κ2) is 8.92. The van der Waals surface area contributed by atoms with Gasteiger partial charge >= 0.3 is 0 Å². The molecule has 1 aromatic heterocycles. The Hall–Kier alpha value is -3.45. The van der Waals surface area contributed by atoms with E-state index in [1.54, 1.807) is 54.6 Å². The van der Waals surface area contributed by atoms with Crippen molar-refractivity contribution in [1.29, 1.82) is 0 Å². The van der Waals surface area contributed by atoms with Gasteiger partial charge in [-0.1, -0.05) is 6.07 Å². The Labute approximate surface area is 179 Å². The summed E-state index contributed by atoms with van der Waals surface area (Å²) in [6.07, 6.45) is 0. The molecule has 0 aliphatic carbocycles. The largest absolute Gasteiger partial charge is 0.347 e. The van der Waals surface area contributed by atoms with E-state index < -0.39 is 0 Å². The van der Waals surface area contributed by atoms with Crippen LogP contribution in [0.4, 0.5) is 11.4 Å². The minimum Gasteiger partial charge on any atom is -0.347 e. The summed E-state index contributed by atoms with van der Waals surface area (Å²) >= 11 is 1.37. The minimum atomic E-state index is -0.331. The predicted octanol–water partition coefficient (Wildman–Crippen LogP) is 4.78. The zero-order valence-corrected chi connectivity index (χ0v) is 17.8. The second-order valence-corrected chi connectivity index (χ2v) is 8.69. The third kappa shape index (κ3) is 5.78. The summed E-state index contributed by atoms with van der Waals surface area (Å²) in [5.41, 5.74) is 1.84. The van der Waals surface area contributed by atoms with Crippen LogP contribution in [0.25, 0.3) is 0 Å². The van der Waals surface area contributed by atoms with Crippen LogP contribution in [-0.4, -0.2) is 23.3 Å². The van der Waals surface area contributed by atoms with Crippen LogP contribution in [-0.2, 0) is 0 Å². The summed E-state index contributed by atoms with van der Waals surface area (Å²) in [7, 11) is 0. The smallest absolute Gasteiger partial charge is 0.265 e. The first-order valence-corrected chi connectivity index (χ1v) is 10.3. The molecule has 6 nitrogen and oxygen atoms in total. The lowest BCUT2D eigenvalue weighted by atomic mass is 10.1. The van der Waals surface area contributed by atoms with Gasteiger partial charge in [-0.2, -0.15) is 0 Å². The molecule has 3 rings (SSSR count). The van der Waals surface area contributed by atoms with E-state index >= 15 is 0 Å². The summed E-state index contributed by atoms with van der Waals surface area (Å²) in [6.45, 7) is 5.73. The molecule has 0 saturated carbocycles. The lowest BCUT2D eigenvalue weighted by molar-refractivity contribution is 0.0917. The van der Waals surface area contributed by atoms with Crippen molar-refractivity contribution in [3.8, 4) is 0 Å². The lowest BCUT2D eigenvalue weighted by Gasteiger charge is -2.20. The molecule has 7 heteroatoms. The predicted molar refractivity (Wildman–Crippen MR) is 120 cm³/mol. The number of amides is 3. The lowest BCUT2D eigenvalue weighted by Crippen LogP contribution is -2.40. The zero-order chi connectivity index (χ0) is 21.7. The molecule has 0 saturated heterocycles. The fourth-order valence-corrected chi connectivity index (χ4v) is 3.25. The second-order valence-electron chi connectivity index (χ2n) is 7.74. The van der Waals surface area contributed by atoms with E-state index in [-0.39, 0.29) is 23.3 Å². The molecule has 2 aromatic carbocycles. The highest BCUT2D eigenvalue weighted by Crippen LogP contribution is 2.17. The number of carbonyl (C=O) groups excluding carboxylic acids is 3. The van der Waals surface area contributed by atoms with Crippen LogP contribution in [0.2, 0.25) is 0 Å². The molecule has 0 radical (unpaired) electrons. The van der Waals surface area contributed by atoms with Crippen LogP contribution in [0, 0.1) is 0 Å². The van der Waals surface area contributed by atoms with E-state index in [1.165, 1.54) is 11.3 Å². The number of nitrogens with one attached hydrogen (secondary N) is 3. The van der Waals surface area contributed by atoms with E-state index in [4.69, 9.17) is 0 Å². The Kier molecular flexibility index (Phi) is 6.32. The van der Waals surface area contributed by atoms with E-state index in [1.807, 2.05) is 32.2 Å². The van der Waals surface area contributed by atoms with E-state index in [9.17, 15) is 14.4 Å². The topological polar surface area (TPSA) is 87.3 Å². The third-order valence-corrected chi connectivity index (χ3v) is 4.91. The van der Waals surface area contributed by atoms with Crippen LogP contribution in [0.1, 0.15) is 51.2 Å². The highest BCUT2D eigenvalue weighted by Gasteiger charge is 2.16. The van der Waals surface area contributed by atoms with Gasteiger partial charge in [0.2, 0.25) is 0 Å². The van der Waals surface area contributed by atoms with Crippen molar-refractivity contribution in [2.45, 2.75) is 26.3 Å². The molecule has 30 heavy (non-hydrogen) atoms. The van der Waals surface area contributed by atoms with E-state index in [0.717, 1.165) is 0 Å². The summed E-state index contributed by atoms with van der Waals surface area (Å²) in [4.78, 5) is 37.3. The van der Waals surface area contributed by atoms with Gasteiger partial charge in [0.15, 0.2) is 0 Å². The first-order chi connectivity index (χ1) is 14.2. The van der Waals surface area contributed by atoms with E-state index in [2.05, 4.69) is 16.0 Å². The first-order valence-electron chi connectivity index (χ1n) is 9.40. The van der Waals surface area contributed by atoms with Crippen molar-refractivity contribution in [2.24, 2.45) is 0 Å². The maximum absolute atomic E-state index is 12.5. The van der Waals surface area contributed by atoms with Crippen molar-refractivity contribution < 1.29 is 14.4 Å². The van der Waals surface area contributed by atoms with Gasteiger partial charge in [-0.15, -0.1) is 11.3 Å². The fraction of sp³-hybridized carbons (Fsp3) is 0.174. The number of benzene rings is 2. The molecule has 0 aliphatic rings. The maximum atomic E-state index is 12.5. The van der Waals surface area contributed by atoms with Gasteiger partial charge in [0.25, 0.3) is 17.7 Å². The van der Waals surface area contributed by atoms with Crippen LogP contribution >= 0.6 is 11.3 Å². The molecule has 0 fully saturated rings. The van der Waals surface area contributed by atoms with Crippen molar-refractivity contribution in [3.05, 3.63) is 82.0 Å². The van der Waals surface area contributed by atoms with Crippen molar-refractivity contribution >= 4 is 40.4 Å². The number of hydrogen-bond acceptors (Lipinski definition) is 4. The molecule has 0 spiro atoms. The molecule has 0 atom stereocenters. The Morgan fingerprint density at radius 1 is 0.700 bits per heavy atom. The first kappa shape index (κ1) is 21.3. The molecular formula is C23H23N3O3S. The van der Waals surface area contributed by atoms with E-state index in [0.29, 0.717) is 27.4 Å². The molecule has 154 valence electrons. The molecule has 0 aliphatic heterocycles. The van der Waals surface area contributed by atoms with Gasteiger partial charge in [-0.05, 0) is 80.7 Å². The fourth-order valence-electron chi connectivity index (χ4n) is 2.63. The van der Waals surface area contributed by atoms with Gasteiger partial charge < -0.3 is 16.0 Å². The van der Waals surface area contributed by atoms with Gasteiger partial charge in [0.05, 0.1) is 4.88 Å². The number of rotatable bonds is 5. The molecule has 3 N–H and O–H groups in total. The van der Waals surface area contributed by atoms with Crippen molar-refractivity contribution in [3.63, 3.8) is 0 Å². The standard InChI is InChI=1S/C23H23N3O3S/c1-23(2,3)26-21(28)16-8-6-15(7-9-16)20(27)24-17-10-12-18(13-11-17)25-22(29)19-5-4-14-30-19/h4-14H,1-3H3,(H,24,27)(H,25,29)(H,26,28). The van der Waals surface area contributed by atoms with Gasteiger partial charge in [0, 0.05) is 28.0 Å². The Balaban J connectivity index is 1.59. The highest BCUT2D eigenvalue weighted by atomic mass is 32.1. The zero-order valence-electron chi connectivity index (χ0n) is 17.0. The van der Waals surface area contributed by atoms with Gasteiger partial charge in [0.1, 0.15) is 0 Å². The number of anilines is 2. The monoisotopic (exact) mass is 421 g/mol. The molecular weight excluding hydrogens is 398 g/mol. The Morgan fingerprint density at radius 2 is 1.20 bits per heavy atom. The molecule has 0 unspecified atom stereocenters. The summed E-state index contributed by atoms with van der Waals surface area (Å²) in [6, 6.07) is 16.9. The maximum Gasteiger partial charge on any atom is 0.265 e. The molecule has 1 heterocycles. The summed E-state index contributed by atoms with van der Waals surface area (Å²) < 4.78 is 0.